The summed E-state index contributed by atoms with van der Waals surface area (Å²) in [4.78, 5) is 39.2. The number of amides is 1. The maximum atomic E-state index is 13.2. The van der Waals surface area contributed by atoms with Crippen LogP contribution in [0, 0.1) is 19.3 Å². The van der Waals surface area contributed by atoms with Crippen molar-refractivity contribution in [2.24, 2.45) is 5.41 Å². The lowest BCUT2D eigenvalue weighted by Crippen LogP contribution is -2.43. The van der Waals surface area contributed by atoms with Crippen molar-refractivity contribution in [3.63, 3.8) is 0 Å². The van der Waals surface area contributed by atoms with Crippen LogP contribution in [0.15, 0.2) is 115 Å². The van der Waals surface area contributed by atoms with E-state index >= 15 is 0 Å². The first kappa shape index (κ1) is 60.2. The van der Waals surface area contributed by atoms with E-state index in [-0.39, 0.29) is 24.0 Å². The van der Waals surface area contributed by atoms with E-state index in [0.29, 0.717) is 140 Å². The molecule has 5 aromatic carbocycles. The van der Waals surface area contributed by atoms with Crippen LogP contribution < -0.4 is 18.9 Å². The smallest absolute Gasteiger partial charge is 0.410 e. The van der Waals surface area contributed by atoms with Crippen molar-refractivity contribution in [1.82, 2.24) is 4.90 Å². The van der Waals surface area contributed by atoms with E-state index in [1.165, 1.54) is 7.11 Å². The summed E-state index contributed by atoms with van der Waals surface area (Å²) in [5.41, 5.74) is 4.71. The summed E-state index contributed by atoms with van der Waals surface area (Å²) in [6, 6.07) is 35.5. The van der Waals surface area contributed by atoms with Crippen molar-refractivity contribution < 1.29 is 71.2 Å². The van der Waals surface area contributed by atoms with Gasteiger partial charge in [-0.15, -0.1) is 0 Å². The van der Waals surface area contributed by atoms with Gasteiger partial charge in [-0.1, -0.05) is 91.7 Å². The minimum Gasteiger partial charge on any atom is -0.487 e. The summed E-state index contributed by atoms with van der Waals surface area (Å²) >= 11 is 0. The lowest BCUT2D eigenvalue weighted by Gasteiger charge is -2.34. The molecule has 412 valence electrons. The first-order chi connectivity index (χ1) is 36.6. The van der Waals surface area contributed by atoms with Crippen molar-refractivity contribution in [2.45, 2.75) is 73.8 Å². The lowest BCUT2D eigenvalue weighted by atomic mass is 9.93. The van der Waals surface area contributed by atoms with Crippen LogP contribution in [-0.2, 0) is 57.7 Å². The Labute approximate surface area is 448 Å². The van der Waals surface area contributed by atoms with Crippen LogP contribution in [0.5, 0.6) is 23.0 Å². The van der Waals surface area contributed by atoms with Crippen LogP contribution >= 0.6 is 0 Å². The zero-order chi connectivity index (χ0) is 54.6. The third-order valence-electron chi connectivity index (χ3n) is 11.0. The highest BCUT2D eigenvalue weighted by Gasteiger charge is 2.29. The molecule has 0 aliphatic carbocycles. The van der Waals surface area contributed by atoms with Crippen molar-refractivity contribution in [3.05, 3.63) is 154 Å². The van der Waals surface area contributed by atoms with Gasteiger partial charge in [-0.25, -0.2) is 14.4 Å². The number of para-hydroxylation sites is 4. The Bertz CT molecular complexity index is 2360. The molecular formula is C60H77NO15. The fourth-order valence-corrected chi connectivity index (χ4v) is 7.52. The Balaban J connectivity index is 0.000000295. The molecular weight excluding hydrogens is 975 g/mol. The summed E-state index contributed by atoms with van der Waals surface area (Å²) in [7, 11) is 1.35. The third-order valence-corrected chi connectivity index (χ3v) is 11.0. The summed E-state index contributed by atoms with van der Waals surface area (Å²) in [6.07, 6.45) is -0.407. The highest BCUT2D eigenvalue weighted by atomic mass is 16.6. The lowest BCUT2D eigenvalue weighted by molar-refractivity contribution is -0.000936. The number of rotatable bonds is 12. The molecule has 16 nitrogen and oxygen atoms in total. The van der Waals surface area contributed by atoms with Gasteiger partial charge in [0.05, 0.1) is 84.3 Å². The van der Waals surface area contributed by atoms with E-state index in [4.69, 9.17) is 56.8 Å². The molecule has 0 fully saturated rings. The second-order valence-electron chi connectivity index (χ2n) is 19.7. The quantitative estimate of drug-likeness (QED) is 0.0855. The van der Waals surface area contributed by atoms with E-state index in [1.54, 1.807) is 17.0 Å². The molecule has 0 unspecified atom stereocenters. The van der Waals surface area contributed by atoms with Crippen molar-refractivity contribution >= 4 is 18.0 Å². The number of hydrogen-bond donors (Lipinski definition) is 0. The van der Waals surface area contributed by atoms with Gasteiger partial charge in [-0.2, -0.15) is 0 Å². The van der Waals surface area contributed by atoms with E-state index in [2.05, 4.69) is 0 Å². The second-order valence-corrected chi connectivity index (χ2v) is 19.7. The van der Waals surface area contributed by atoms with Gasteiger partial charge in [-0.3, -0.25) is 0 Å². The van der Waals surface area contributed by atoms with Crippen LogP contribution in [0.4, 0.5) is 4.79 Å². The normalized spacial score (nSPS) is 14.4. The maximum Gasteiger partial charge on any atom is 0.410 e. The zero-order valence-corrected chi connectivity index (χ0v) is 45.6. The summed E-state index contributed by atoms with van der Waals surface area (Å²) in [5, 5.41) is 0. The number of fused-ring (bicyclic) bond motifs is 2. The SMILES string of the molecule is COC(=O)c1ccc(COCC(C)(C)CN(Cc2ccc(COC(=O)c3cc(C)cc(C)c3)cc2)C(=O)OC(C)(C)C)cc1.c1ccc2c(c1)OCCOCCOCCOc1ccccc1OCCOCCOCCO2. The van der Waals surface area contributed by atoms with Gasteiger partial charge in [0, 0.05) is 18.5 Å². The van der Waals surface area contributed by atoms with Gasteiger partial charge in [0.2, 0.25) is 0 Å². The van der Waals surface area contributed by atoms with Gasteiger partial charge < -0.3 is 61.7 Å². The van der Waals surface area contributed by atoms with Crippen molar-refractivity contribution in [2.75, 3.05) is 99.5 Å². The van der Waals surface area contributed by atoms with E-state index < -0.39 is 11.7 Å². The highest BCUT2D eigenvalue weighted by Crippen LogP contribution is 2.28. The van der Waals surface area contributed by atoms with E-state index in [0.717, 1.165) is 27.8 Å². The Kier molecular flexibility index (Phi) is 25.4. The van der Waals surface area contributed by atoms with E-state index in [9.17, 15) is 14.4 Å². The fraction of sp³-hybridized carbons (Fsp3) is 0.450. The van der Waals surface area contributed by atoms with Gasteiger partial charge in [0.1, 0.15) is 38.6 Å². The number of aryl methyl sites for hydroxylation is 2. The number of hydrogen-bond acceptors (Lipinski definition) is 15. The Morgan fingerprint density at radius 1 is 0.500 bits per heavy atom. The van der Waals surface area contributed by atoms with Crippen molar-refractivity contribution in [3.8, 4) is 23.0 Å². The standard InChI is InChI=1S/C36H45NO7.C24H32O8/c1-25-17-26(2)19-31(18-25)33(39)43-22-29-11-9-27(10-12-29)20-37(34(40)44-35(3,4)5)23-36(6,7)24-42-21-28-13-15-30(16-14-28)32(38)41-8;1-2-6-22-21(5-1)29-17-13-25-9-10-27-15-19-31-23-7-3-4-8-24(23)32-20-16-28-12-11-26-14-18-30-22/h9-19H,20-24H2,1-8H3;1-8H,9-20H2. The Morgan fingerprint density at radius 3 is 1.34 bits per heavy atom. The number of nitrogens with zero attached hydrogens (tertiary/aromatic N) is 1. The van der Waals surface area contributed by atoms with Gasteiger partial charge in [-0.05, 0) is 99.8 Å². The third kappa shape index (κ3) is 23.1. The minimum atomic E-state index is -0.643. The molecule has 1 aliphatic heterocycles. The molecule has 0 N–H and O–H groups in total. The van der Waals surface area contributed by atoms with Crippen LogP contribution in [-0.4, -0.2) is 128 Å². The predicted octanol–water partition coefficient (Wildman–Crippen LogP) is 10.4. The number of carbonyl (C=O) groups excluding carboxylic acids is 3. The van der Waals surface area contributed by atoms with Crippen LogP contribution in [0.25, 0.3) is 0 Å². The Hall–Kier alpha value is -6.69. The number of methoxy groups -OCH3 is 1. The molecule has 16 heteroatoms. The van der Waals surface area contributed by atoms with Gasteiger partial charge >= 0.3 is 18.0 Å². The number of ether oxygens (including phenoxy) is 12. The van der Waals surface area contributed by atoms with Gasteiger partial charge in [0.15, 0.2) is 23.0 Å². The summed E-state index contributed by atoms with van der Waals surface area (Å²) in [5.74, 6) is 1.99. The molecule has 1 heterocycles. The molecule has 5 aromatic rings. The molecule has 0 saturated heterocycles. The summed E-state index contributed by atoms with van der Waals surface area (Å²) in [6.45, 7) is 20.7. The van der Waals surface area contributed by atoms with Crippen LogP contribution in [0.2, 0.25) is 0 Å². The molecule has 0 aromatic heterocycles. The molecule has 0 bridgehead atoms. The first-order valence-corrected chi connectivity index (χ1v) is 25.6. The molecule has 0 spiro atoms. The molecule has 6 rings (SSSR count). The van der Waals surface area contributed by atoms with Crippen LogP contribution in [0.3, 0.4) is 0 Å². The fourth-order valence-electron chi connectivity index (χ4n) is 7.52. The molecule has 0 atom stereocenters. The maximum absolute atomic E-state index is 13.2. The largest absolute Gasteiger partial charge is 0.487 e. The minimum absolute atomic E-state index is 0.150. The average molecular weight is 1050 g/mol. The number of carbonyl (C=O) groups is 3. The second kappa shape index (κ2) is 32.0. The predicted molar refractivity (Wildman–Crippen MR) is 287 cm³/mol. The topological polar surface area (TPSA) is 165 Å². The molecule has 1 aliphatic rings. The average Bonchev–Trinajstić information content (AvgIpc) is 3.39. The molecule has 0 saturated carbocycles. The first-order valence-electron chi connectivity index (χ1n) is 25.6. The monoisotopic (exact) mass is 1050 g/mol. The zero-order valence-electron chi connectivity index (χ0n) is 45.6. The molecule has 76 heavy (non-hydrogen) atoms. The highest BCUT2D eigenvalue weighted by molar-refractivity contribution is 5.90. The number of benzene rings is 5. The number of esters is 2. The molecule has 0 radical (unpaired) electrons. The van der Waals surface area contributed by atoms with Crippen molar-refractivity contribution in [1.29, 1.82) is 0 Å². The van der Waals surface area contributed by atoms with E-state index in [1.807, 2.05) is 152 Å². The molecule has 1 amide bonds. The summed E-state index contributed by atoms with van der Waals surface area (Å²) < 4.78 is 67.4. The Morgan fingerprint density at radius 2 is 0.908 bits per heavy atom. The van der Waals surface area contributed by atoms with Gasteiger partial charge in [0.25, 0.3) is 0 Å². The van der Waals surface area contributed by atoms with Crippen LogP contribution in [0.1, 0.15) is 83.2 Å².